The molecule has 0 aromatic rings. The SMILES string of the molecule is CC(C)C1C[C@@H]2CN(C(C)C)C[C@]2(C)C1. The molecule has 0 bridgehead atoms. The highest BCUT2D eigenvalue weighted by Crippen LogP contribution is 2.53. The van der Waals surface area contributed by atoms with Gasteiger partial charge in [0.2, 0.25) is 0 Å². The minimum Gasteiger partial charge on any atom is -0.300 e. The zero-order chi connectivity index (χ0) is 11.2. The predicted octanol–water partition coefficient (Wildman–Crippen LogP) is 3.40. The monoisotopic (exact) mass is 209 g/mol. The summed E-state index contributed by atoms with van der Waals surface area (Å²) in [5.74, 6) is 2.86. The van der Waals surface area contributed by atoms with Crippen LogP contribution in [-0.4, -0.2) is 24.0 Å². The molecule has 3 atom stereocenters. The molecule has 0 aromatic heterocycles. The van der Waals surface area contributed by atoms with Gasteiger partial charge in [-0.3, -0.25) is 0 Å². The molecule has 88 valence electrons. The van der Waals surface area contributed by atoms with Gasteiger partial charge in [-0.15, -0.1) is 0 Å². The van der Waals surface area contributed by atoms with Crippen LogP contribution in [0, 0.1) is 23.2 Å². The van der Waals surface area contributed by atoms with Crippen LogP contribution in [0.2, 0.25) is 0 Å². The van der Waals surface area contributed by atoms with Gasteiger partial charge in [-0.1, -0.05) is 20.8 Å². The average molecular weight is 209 g/mol. The van der Waals surface area contributed by atoms with Gasteiger partial charge in [-0.05, 0) is 49.9 Å². The summed E-state index contributed by atoms with van der Waals surface area (Å²) in [6.07, 6.45) is 2.95. The molecule has 2 rings (SSSR count). The van der Waals surface area contributed by atoms with Crippen LogP contribution in [0.25, 0.3) is 0 Å². The number of likely N-dealkylation sites (tertiary alicyclic amines) is 1. The van der Waals surface area contributed by atoms with E-state index in [1.54, 1.807) is 0 Å². The lowest BCUT2D eigenvalue weighted by Crippen LogP contribution is -2.31. The lowest BCUT2D eigenvalue weighted by molar-refractivity contribution is 0.210. The van der Waals surface area contributed by atoms with Crippen LogP contribution < -0.4 is 0 Å². The van der Waals surface area contributed by atoms with Crippen molar-refractivity contribution in [1.82, 2.24) is 4.90 Å². The van der Waals surface area contributed by atoms with Gasteiger partial charge in [0.1, 0.15) is 0 Å². The normalized spacial score (nSPS) is 41.8. The second-order valence-electron chi connectivity index (χ2n) is 6.82. The van der Waals surface area contributed by atoms with Crippen LogP contribution in [-0.2, 0) is 0 Å². The Hall–Kier alpha value is -0.0400. The van der Waals surface area contributed by atoms with E-state index in [1.807, 2.05) is 0 Å². The molecule has 2 fully saturated rings. The lowest BCUT2D eigenvalue weighted by Gasteiger charge is -2.27. The third-order valence-electron chi connectivity index (χ3n) is 4.99. The summed E-state index contributed by atoms with van der Waals surface area (Å²) in [7, 11) is 0. The molecule has 1 aliphatic heterocycles. The first-order chi connectivity index (χ1) is 6.92. The number of nitrogens with zero attached hydrogens (tertiary/aromatic N) is 1. The molecular formula is C14H27N. The van der Waals surface area contributed by atoms with Gasteiger partial charge >= 0.3 is 0 Å². The number of hydrogen-bond donors (Lipinski definition) is 0. The molecule has 1 heteroatoms. The van der Waals surface area contributed by atoms with Gasteiger partial charge in [0.25, 0.3) is 0 Å². The van der Waals surface area contributed by atoms with Gasteiger partial charge < -0.3 is 4.90 Å². The molecule has 1 saturated heterocycles. The third kappa shape index (κ3) is 1.95. The minimum atomic E-state index is 0.638. The Morgan fingerprint density at radius 3 is 2.33 bits per heavy atom. The quantitative estimate of drug-likeness (QED) is 0.674. The summed E-state index contributed by atoms with van der Waals surface area (Å²) < 4.78 is 0. The standard InChI is InChI=1S/C14H27N/c1-10(2)12-6-13-8-15(11(3)4)9-14(13,5)7-12/h10-13H,6-9H2,1-5H3/t12?,13-,14+/m1/s1. The molecule has 2 aliphatic rings. The van der Waals surface area contributed by atoms with Crippen molar-refractivity contribution in [1.29, 1.82) is 0 Å². The summed E-state index contributed by atoms with van der Waals surface area (Å²) in [6.45, 7) is 14.7. The lowest BCUT2D eigenvalue weighted by atomic mass is 9.82. The van der Waals surface area contributed by atoms with Gasteiger partial charge in [-0.2, -0.15) is 0 Å². The highest BCUT2D eigenvalue weighted by atomic mass is 15.2. The summed E-state index contributed by atoms with van der Waals surface area (Å²) in [4.78, 5) is 2.68. The topological polar surface area (TPSA) is 3.24 Å². The predicted molar refractivity (Wildman–Crippen MR) is 65.9 cm³/mol. The summed E-state index contributed by atoms with van der Waals surface area (Å²) >= 11 is 0. The van der Waals surface area contributed by atoms with Crippen molar-refractivity contribution in [2.45, 2.75) is 53.5 Å². The smallest absolute Gasteiger partial charge is 0.00414 e. The van der Waals surface area contributed by atoms with E-state index in [9.17, 15) is 0 Å². The van der Waals surface area contributed by atoms with Gasteiger partial charge in [-0.25, -0.2) is 0 Å². The molecule has 0 aromatic carbocycles. The van der Waals surface area contributed by atoms with Crippen LogP contribution >= 0.6 is 0 Å². The average Bonchev–Trinajstić information content (AvgIpc) is 2.55. The van der Waals surface area contributed by atoms with E-state index in [0.29, 0.717) is 5.41 Å². The highest BCUT2D eigenvalue weighted by Gasteiger charge is 2.50. The van der Waals surface area contributed by atoms with Gasteiger partial charge in [0.15, 0.2) is 0 Å². The molecule has 0 N–H and O–H groups in total. The zero-order valence-electron chi connectivity index (χ0n) is 11.1. The number of fused-ring (bicyclic) bond motifs is 1. The van der Waals surface area contributed by atoms with Crippen molar-refractivity contribution in [3.05, 3.63) is 0 Å². The van der Waals surface area contributed by atoms with Crippen molar-refractivity contribution < 1.29 is 0 Å². The number of hydrogen-bond acceptors (Lipinski definition) is 1. The van der Waals surface area contributed by atoms with Crippen molar-refractivity contribution >= 4 is 0 Å². The van der Waals surface area contributed by atoms with Crippen molar-refractivity contribution in [2.24, 2.45) is 23.2 Å². The Kier molecular flexibility index (Phi) is 2.87. The molecule has 0 amide bonds. The van der Waals surface area contributed by atoms with Crippen molar-refractivity contribution in [3.63, 3.8) is 0 Å². The van der Waals surface area contributed by atoms with E-state index in [2.05, 4.69) is 39.5 Å². The first-order valence-corrected chi connectivity index (χ1v) is 6.66. The second kappa shape index (κ2) is 3.76. The highest BCUT2D eigenvalue weighted by molar-refractivity contribution is 5.01. The third-order valence-corrected chi connectivity index (χ3v) is 4.99. The maximum absolute atomic E-state index is 2.68. The summed E-state index contributed by atoms with van der Waals surface area (Å²) in [5.41, 5.74) is 0.638. The Balaban J connectivity index is 2.03. The van der Waals surface area contributed by atoms with Crippen molar-refractivity contribution in [3.8, 4) is 0 Å². The molecule has 1 unspecified atom stereocenters. The molecule has 0 spiro atoms. The van der Waals surface area contributed by atoms with Crippen molar-refractivity contribution in [2.75, 3.05) is 13.1 Å². The largest absolute Gasteiger partial charge is 0.300 e. The maximum Gasteiger partial charge on any atom is 0.00414 e. The van der Waals surface area contributed by atoms with Crippen LogP contribution in [0.15, 0.2) is 0 Å². The molecule has 15 heavy (non-hydrogen) atoms. The minimum absolute atomic E-state index is 0.638. The summed E-state index contributed by atoms with van der Waals surface area (Å²) in [5, 5.41) is 0. The van der Waals surface area contributed by atoms with E-state index in [-0.39, 0.29) is 0 Å². The fourth-order valence-electron chi connectivity index (χ4n) is 3.70. The van der Waals surface area contributed by atoms with E-state index in [4.69, 9.17) is 0 Å². The van der Waals surface area contributed by atoms with Gasteiger partial charge in [0.05, 0.1) is 0 Å². The molecule has 1 nitrogen and oxygen atoms in total. The molecule has 0 radical (unpaired) electrons. The molecular weight excluding hydrogens is 182 g/mol. The van der Waals surface area contributed by atoms with E-state index in [1.165, 1.54) is 25.9 Å². The van der Waals surface area contributed by atoms with Gasteiger partial charge in [0, 0.05) is 19.1 Å². The second-order valence-corrected chi connectivity index (χ2v) is 6.82. The summed E-state index contributed by atoms with van der Waals surface area (Å²) in [6, 6.07) is 0.741. The molecule has 1 heterocycles. The Morgan fingerprint density at radius 2 is 1.87 bits per heavy atom. The van der Waals surface area contributed by atoms with Crippen LogP contribution in [0.5, 0.6) is 0 Å². The van der Waals surface area contributed by atoms with E-state index >= 15 is 0 Å². The first-order valence-electron chi connectivity index (χ1n) is 6.66. The van der Waals surface area contributed by atoms with E-state index in [0.717, 1.165) is 23.8 Å². The zero-order valence-corrected chi connectivity index (χ0v) is 11.1. The Labute approximate surface area is 95.2 Å². The number of rotatable bonds is 2. The van der Waals surface area contributed by atoms with Crippen LogP contribution in [0.4, 0.5) is 0 Å². The first kappa shape index (κ1) is 11.4. The molecule has 1 saturated carbocycles. The Bertz CT molecular complexity index is 211. The van der Waals surface area contributed by atoms with E-state index < -0.39 is 0 Å². The van der Waals surface area contributed by atoms with Crippen LogP contribution in [0.3, 0.4) is 0 Å². The Morgan fingerprint density at radius 1 is 1.20 bits per heavy atom. The van der Waals surface area contributed by atoms with Crippen LogP contribution in [0.1, 0.15) is 47.5 Å². The molecule has 1 aliphatic carbocycles. The maximum atomic E-state index is 2.68. The fourth-order valence-corrected chi connectivity index (χ4v) is 3.70. The fraction of sp³-hybridized carbons (Fsp3) is 1.00.